The van der Waals surface area contributed by atoms with Crippen LogP contribution in [0.15, 0.2) is 12.5 Å². The highest BCUT2D eigenvalue weighted by Gasteiger charge is 1.98. The molecule has 0 saturated heterocycles. The van der Waals surface area contributed by atoms with E-state index in [1.54, 1.807) is 13.3 Å². The van der Waals surface area contributed by atoms with Crippen molar-refractivity contribution in [1.29, 1.82) is 0 Å². The fourth-order valence-corrected chi connectivity index (χ4v) is 1.04. The van der Waals surface area contributed by atoms with Gasteiger partial charge in [0.05, 0.1) is 6.20 Å². The number of nitrogens with one attached hydrogen (secondary N) is 1. The molecule has 0 radical (unpaired) electrons. The van der Waals surface area contributed by atoms with Gasteiger partial charge >= 0.3 is 0 Å². The Morgan fingerprint density at radius 3 is 3.15 bits per heavy atom. The third-order valence-corrected chi connectivity index (χ3v) is 1.76. The molecule has 4 nitrogen and oxygen atoms in total. The topological polar surface area (TPSA) is 47.0 Å². The molecule has 0 unspecified atom stereocenters. The molecular formula is C8H12ClN3O. The Kier molecular flexibility index (Phi) is 4.49. The van der Waals surface area contributed by atoms with Crippen molar-refractivity contribution in [2.24, 2.45) is 0 Å². The lowest BCUT2D eigenvalue weighted by molar-refractivity contribution is 0.198. The van der Waals surface area contributed by atoms with E-state index in [1.807, 2.05) is 0 Å². The quantitative estimate of drug-likeness (QED) is 0.735. The highest BCUT2D eigenvalue weighted by atomic mass is 35.5. The molecular weight excluding hydrogens is 190 g/mol. The Labute approximate surface area is 82.3 Å². The third-order valence-electron chi connectivity index (χ3n) is 1.49. The van der Waals surface area contributed by atoms with Gasteiger partial charge in [0.15, 0.2) is 0 Å². The van der Waals surface area contributed by atoms with Gasteiger partial charge in [0, 0.05) is 20.3 Å². The van der Waals surface area contributed by atoms with Crippen molar-refractivity contribution in [3.63, 3.8) is 0 Å². The van der Waals surface area contributed by atoms with Crippen LogP contribution in [0.2, 0.25) is 5.02 Å². The minimum absolute atomic E-state index is 0.542. The molecule has 0 spiro atoms. The lowest BCUT2D eigenvalue weighted by Gasteiger charge is -2.05. The fourth-order valence-electron chi connectivity index (χ4n) is 0.866. The average molecular weight is 202 g/mol. The van der Waals surface area contributed by atoms with Crippen molar-refractivity contribution in [2.75, 3.05) is 25.6 Å². The molecule has 13 heavy (non-hydrogen) atoms. The summed E-state index contributed by atoms with van der Waals surface area (Å²) < 4.78 is 4.90. The summed E-state index contributed by atoms with van der Waals surface area (Å²) in [5, 5.41) is 3.63. The summed E-state index contributed by atoms with van der Waals surface area (Å²) in [5.74, 6) is 0.674. The highest BCUT2D eigenvalue weighted by molar-refractivity contribution is 6.32. The van der Waals surface area contributed by atoms with E-state index in [2.05, 4.69) is 15.3 Å². The number of methoxy groups -OCH3 is 1. The highest BCUT2D eigenvalue weighted by Crippen LogP contribution is 2.15. The first kappa shape index (κ1) is 10.2. The minimum atomic E-state index is 0.542. The summed E-state index contributed by atoms with van der Waals surface area (Å²) in [4.78, 5) is 7.76. The average Bonchev–Trinajstić information content (AvgIpc) is 2.15. The molecule has 1 N–H and O–H groups in total. The monoisotopic (exact) mass is 201 g/mol. The van der Waals surface area contributed by atoms with Crippen LogP contribution in [0, 0.1) is 0 Å². The van der Waals surface area contributed by atoms with E-state index in [4.69, 9.17) is 16.3 Å². The Morgan fingerprint density at radius 1 is 1.62 bits per heavy atom. The van der Waals surface area contributed by atoms with Crippen molar-refractivity contribution in [2.45, 2.75) is 6.42 Å². The van der Waals surface area contributed by atoms with E-state index in [-0.39, 0.29) is 0 Å². The van der Waals surface area contributed by atoms with Crippen molar-refractivity contribution in [1.82, 2.24) is 9.97 Å². The van der Waals surface area contributed by atoms with Crippen LogP contribution < -0.4 is 5.32 Å². The molecule has 0 saturated carbocycles. The van der Waals surface area contributed by atoms with Crippen LogP contribution >= 0.6 is 11.6 Å². The first-order chi connectivity index (χ1) is 6.34. The molecule has 0 aliphatic carbocycles. The zero-order valence-electron chi connectivity index (χ0n) is 7.46. The fraction of sp³-hybridized carbons (Fsp3) is 0.500. The van der Waals surface area contributed by atoms with Crippen LogP contribution in [-0.4, -0.2) is 30.2 Å². The predicted octanol–water partition coefficient (Wildman–Crippen LogP) is 1.58. The van der Waals surface area contributed by atoms with Gasteiger partial charge in [-0.25, -0.2) is 9.97 Å². The normalized spacial score (nSPS) is 10.0. The molecule has 1 rings (SSSR count). The minimum Gasteiger partial charge on any atom is -0.385 e. The Bertz CT molecular complexity index is 257. The van der Waals surface area contributed by atoms with Gasteiger partial charge in [0.1, 0.15) is 17.2 Å². The zero-order chi connectivity index (χ0) is 9.52. The first-order valence-electron chi connectivity index (χ1n) is 4.03. The SMILES string of the molecule is COCCCNc1ncncc1Cl. The van der Waals surface area contributed by atoms with Crippen LogP contribution in [0.5, 0.6) is 0 Å². The van der Waals surface area contributed by atoms with Crippen molar-refractivity contribution >= 4 is 17.4 Å². The summed E-state index contributed by atoms with van der Waals surface area (Å²) in [6, 6.07) is 0. The van der Waals surface area contributed by atoms with Crippen LogP contribution in [0.25, 0.3) is 0 Å². The smallest absolute Gasteiger partial charge is 0.148 e. The number of rotatable bonds is 5. The van der Waals surface area contributed by atoms with Crippen molar-refractivity contribution in [3.8, 4) is 0 Å². The number of hydrogen-bond donors (Lipinski definition) is 1. The lowest BCUT2D eigenvalue weighted by atomic mass is 10.4. The van der Waals surface area contributed by atoms with Gasteiger partial charge in [-0.1, -0.05) is 11.6 Å². The lowest BCUT2D eigenvalue weighted by Crippen LogP contribution is -2.06. The second-order valence-corrected chi connectivity index (χ2v) is 2.90. The molecule has 1 aromatic heterocycles. The summed E-state index contributed by atoms with van der Waals surface area (Å²) in [5.41, 5.74) is 0. The van der Waals surface area contributed by atoms with Gasteiger partial charge in [0.25, 0.3) is 0 Å². The van der Waals surface area contributed by atoms with E-state index in [0.717, 1.165) is 19.6 Å². The molecule has 0 atom stereocenters. The second-order valence-electron chi connectivity index (χ2n) is 2.49. The number of nitrogens with zero attached hydrogens (tertiary/aromatic N) is 2. The number of ether oxygens (including phenoxy) is 1. The van der Waals surface area contributed by atoms with Gasteiger partial charge in [-0.05, 0) is 6.42 Å². The predicted molar refractivity (Wildman–Crippen MR) is 52.0 cm³/mol. The molecule has 5 heteroatoms. The third kappa shape index (κ3) is 3.57. The van der Waals surface area contributed by atoms with Crippen LogP contribution in [0.3, 0.4) is 0 Å². The molecule has 1 heterocycles. The summed E-state index contributed by atoms with van der Waals surface area (Å²) in [6.45, 7) is 1.53. The molecule has 0 aromatic carbocycles. The molecule has 0 amide bonds. The van der Waals surface area contributed by atoms with Crippen LogP contribution in [-0.2, 0) is 4.74 Å². The summed E-state index contributed by atoms with van der Waals surface area (Å²) in [7, 11) is 1.68. The second kappa shape index (κ2) is 5.72. The van der Waals surface area contributed by atoms with Crippen LogP contribution in [0.4, 0.5) is 5.82 Å². The van der Waals surface area contributed by atoms with E-state index in [9.17, 15) is 0 Å². The maximum absolute atomic E-state index is 5.82. The number of hydrogen-bond acceptors (Lipinski definition) is 4. The van der Waals surface area contributed by atoms with Gasteiger partial charge < -0.3 is 10.1 Å². The Hall–Kier alpha value is -0.870. The van der Waals surface area contributed by atoms with Crippen molar-refractivity contribution < 1.29 is 4.74 Å². The Balaban J connectivity index is 2.32. The van der Waals surface area contributed by atoms with E-state index >= 15 is 0 Å². The van der Waals surface area contributed by atoms with Gasteiger partial charge in [-0.3, -0.25) is 0 Å². The largest absolute Gasteiger partial charge is 0.385 e. The van der Waals surface area contributed by atoms with E-state index < -0.39 is 0 Å². The number of aromatic nitrogens is 2. The molecule has 0 aliphatic heterocycles. The van der Waals surface area contributed by atoms with Gasteiger partial charge in [-0.15, -0.1) is 0 Å². The Morgan fingerprint density at radius 2 is 2.46 bits per heavy atom. The van der Waals surface area contributed by atoms with Crippen molar-refractivity contribution in [3.05, 3.63) is 17.5 Å². The molecule has 0 aliphatic rings. The molecule has 1 aromatic rings. The summed E-state index contributed by atoms with van der Waals surface area (Å²) in [6.07, 6.45) is 3.95. The van der Waals surface area contributed by atoms with E-state index in [0.29, 0.717) is 10.8 Å². The molecule has 72 valence electrons. The maximum Gasteiger partial charge on any atom is 0.148 e. The number of halogens is 1. The molecule has 0 fully saturated rings. The van der Waals surface area contributed by atoms with Gasteiger partial charge in [-0.2, -0.15) is 0 Å². The van der Waals surface area contributed by atoms with Crippen LogP contribution in [0.1, 0.15) is 6.42 Å². The first-order valence-corrected chi connectivity index (χ1v) is 4.40. The zero-order valence-corrected chi connectivity index (χ0v) is 8.21. The maximum atomic E-state index is 5.82. The van der Waals surface area contributed by atoms with E-state index in [1.165, 1.54) is 6.33 Å². The molecule has 0 bridgehead atoms. The summed E-state index contributed by atoms with van der Waals surface area (Å²) >= 11 is 5.82. The number of anilines is 1. The standard InChI is InChI=1S/C8H12ClN3O/c1-13-4-2-3-11-8-7(9)5-10-6-12-8/h5-6H,2-4H2,1H3,(H,10,11,12). The van der Waals surface area contributed by atoms with Gasteiger partial charge in [0.2, 0.25) is 0 Å².